The second kappa shape index (κ2) is 7.40. The molecule has 0 bridgehead atoms. The van der Waals surface area contributed by atoms with Crippen LogP contribution in [0.25, 0.3) is 0 Å². The summed E-state index contributed by atoms with van der Waals surface area (Å²) in [7, 11) is 0. The molecule has 5 heteroatoms. The van der Waals surface area contributed by atoms with Gasteiger partial charge in [0.05, 0.1) is 19.8 Å². The number of carbonyl (C=O) groups is 1. The van der Waals surface area contributed by atoms with Crippen molar-refractivity contribution in [1.29, 1.82) is 0 Å². The summed E-state index contributed by atoms with van der Waals surface area (Å²) in [5.74, 6) is -0.0746. The Hall–Kier alpha value is -0.940. The third kappa shape index (κ3) is 4.83. The Balaban J connectivity index is 2.63. The van der Waals surface area contributed by atoms with E-state index in [0.29, 0.717) is 23.7 Å². The van der Waals surface area contributed by atoms with Crippen LogP contribution in [0.3, 0.4) is 0 Å². The maximum absolute atomic E-state index is 11.9. The first-order chi connectivity index (χ1) is 8.17. The van der Waals surface area contributed by atoms with Gasteiger partial charge in [0, 0.05) is 23.7 Å². The van der Waals surface area contributed by atoms with Gasteiger partial charge in [0.2, 0.25) is 0 Å². The molecule has 0 atom stereocenters. The molecule has 94 valence electrons. The minimum absolute atomic E-state index is 0.0389. The van der Waals surface area contributed by atoms with Crippen molar-refractivity contribution in [3.63, 3.8) is 0 Å². The lowest BCUT2D eigenvalue weighted by molar-refractivity contribution is 0.0894. The first-order valence-electron chi connectivity index (χ1n) is 5.40. The summed E-state index contributed by atoms with van der Waals surface area (Å²) in [5.41, 5.74) is 0.540. The Kier molecular flexibility index (Phi) is 6.15. The molecular formula is C12H16ClNO3. The monoisotopic (exact) mass is 257 g/mol. The molecule has 0 aliphatic carbocycles. The summed E-state index contributed by atoms with van der Waals surface area (Å²) in [4.78, 5) is 13.6. The molecule has 0 radical (unpaired) electrons. The van der Waals surface area contributed by atoms with Crippen LogP contribution in [0.2, 0.25) is 5.02 Å². The molecule has 1 aromatic rings. The highest BCUT2D eigenvalue weighted by atomic mass is 35.5. The first kappa shape index (κ1) is 14.1. The molecule has 1 aromatic carbocycles. The summed E-state index contributed by atoms with van der Waals surface area (Å²) in [5, 5.41) is 18.2. The number of benzene rings is 1. The Bertz CT molecular complexity index is 365. The lowest BCUT2D eigenvalue weighted by Crippen LogP contribution is -2.34. The molecule has 4 nitrogen and oxygen atoms in total. The van der Waals surface area contributed by atoms with E-state index < -0.39 is 0 Å². The largest absolute Gasteiger partial charge is 0.395 e. The Morgan fingerprint density at radius 1 is 1.24 bits per heavy atom. The van der Waals surface area contributed by atoms with E-state index in [4.69, 9.17) is 21.8 Å². The lowest BCUT2D eigenvalue weighted by atomic mass is 10.1. The molecule has 0 spiro atoms. The summed E-state index contributed by atoms with van der Waals surface area (Å²) in [6.45, 7) is 0.826. The van der Waals surface area contributed by atoms with Crippen molar-refractivity contribution in [2.75, 3.05) is 32.8 Å². The third-order valence-corrected chi connectivity index (χ3v) is 2.58. The quantitative estimate of drug-likeness (QED) is 0.710. The van der Waals surface area contributed by atoms with Crippen LogP contribution in [-0.2, 0) is 0 Å². The summed E-state index contributed by atoms with van der Waals surface area (Å²) >= 11 is 5.80. The van der Waals surface area contributed by atoms with Gasteiger partial charge in [-0.05, 0) is 12.1 Å². The van der Waals surface area contributed by atoms with Crippen LogP contribution < -0.4 is 0 Å². The molecule has 2 N–H and O–H groups in total. The number of aliphatic hydroxyl groups excluding tert-OH is 2. The fraction of sp³-hybridized carbons (Fsp3) is 0.417. The average molecular weight is 258 g/mol. The number of carbonyl (C=O) groups excluding carboxylic acids is 1. The zero-order valence-electron chi connectivity index (χ0n) is 9.47. The number of aliphatic hydroxyl groups is 2. The number of rotatable bonds is 7. The summed E-state index contributed by atoms with van der Waals surface area (Å²) in [6.07, 6.45) is 0. The number of halogens is 1. The van der Waals surface area contributed by atoms with Crippen molar-refractivity contribution in [1.82, 2.24) is 4.90 Å². The van der Waals surface area contributed by atoms with Gasteiger partial charge in [-0.1, -0.05) is 23.7 Å². The molecule has 0 aliphatic rings. The number of nitrogens with zero attached hydrogens (tertiary/aromatic N) is 1. The van der Waals surface area contributed by atoms with Gasteiger partial charge in [0.1, 0.15) is 0 Å². The SMILES string of the molecule is O=C(CN(CCO)CCO)c1cccc(Cl)c1. The van der Waals surface area contributed by atoms with Crippen molar-refractivity contribution in [2.45, 2.75) is 0 Å². The fourth-order valence-electron chi connectivity index (χ4n) is 1.51. The van der Waals surface area contributed by atoms with Crippen LogP contribution in [-0.4, -0.2) is 53.7 Å². The average Bonchev–Trinajstić information content (AvgIpc) is 2.29. The van der Waals surface area contributed by atoms with Gasteiger partial charge in [-0.3, -0.25) is 9.69 Å². The Labute approximate surface area is 105 Å². The Morgan fingerprint density at radius 2 is 1.88 bits per heavy atom. The van der Waals surface area contributed by atoms with Crippen LogP contribution in [0.5, 0.6) is 0 Å². The van der Waals surface area contributed by atoms with Crippen LogP contribution in [0.15, 0.2) is 24.3 Å². The van der Waals surface area contributed by atoms with Crippen molar-refractivity contribution < 1.29 is 15.0 Å². The van der Waals surface area contributed by atoms with Gasteiger partial charge >= 0.3 is 0 Å². The maximum Gasteiger partial charge on any atom is 0.176 e. The van der Waals surface area contributed by atoms with Crippen LogP contribution in [0, 0.1) is 0 Å². The zero-order chi connectivity index (χ0) is 12.7. The van der Waals surface area contributed by atoms with E-state index >= 15 is 0 Å². The molecule has 0 saturated carbocycles. The van der Waals surface area contributed by atoms with E-state index in [9.17, 15) is 4.79 Å². The van der Waals surface area contributed by atoms with Gasteiger partial charge in [-0.2, -0.15) is 0 Å². The van der Waals surface area contributed by atoms with E-state index in [0.717, 1.165) is 0 Å². The van der Waals surface area contributed by atoms with Crippen molar-refractivity contribution >= 4 is 17.4 Å². The molecular weight excluding hydrogens is 242 g/mol. The van der Waals surface area contributed by atoms with Crippen LogP contribution in [0.1, 0.15) is 10.4 Å². The number of hydrogen-bond acceptors (Lipinski definition) is 4. The van der Waals surface area contributed by atoms with Gasteiger partial charge in [-0.25, -0.2) is 0 Å². The molecule has 1 rings (SSSR count). The van der Waals surface area contributed by atoms with Gasteiger partial charge in [-0.15, -0.1) is 0 Å². The topological polar surface area (TPSA) is 60.8 Å². The first-order valence-corrected chi connectivity index (χ1v) is 5.78. The highest BCUT2D eigenvalue weighted by Gasteiger charge is 2.11. The second-order valence-electron chi connectivity index (χ2n) is 3.66. The normalized spacial score (nSPS) is 10.8. The standard InChI is InChI=1S/C12H16ClNO3/c13-11-3-1-2-10(8-11)12(17)9-14(4-6-15)5-7-16/h1-3,8,15-16H,4-7,9H2. The van der Waals surface area contributed by atoms with Crippen LogP contribution in [0.4, 0.5) is 0 Å². The molecule has 0 saturated heterocycles. The fourth-order valence-corrected chi connectivity index (χ4v) is 1.70. The van der Waals surface area contributed by atoms with Gasteiger partial charge < -0.3 is 10.2 Å². The predicted octanol–water partition coefficient (Wildman–Crippen LogP) is 0.809. The number of hydrogen-bond donors (Lipinski definition) is 2. The Morgan fingerprint density at radius 3 is 2.41 bits per heavy atom. The molecule has 0 heterocycles. The minimum Gasteiger partial charge on any atom is -0.395 e. The summed E-state index contributed by atoms with van der Waals surface area (Å²) < 4.78 is 0. The molecule has 17 heavy (non-hydrogen) atoms. The predicted molar refractivity (Wildman–Crippen MR) is 66.4 cm³/mol. The van der Waals surface area contributed by atoms with Gasteiger partial charge in [0.15, 0.2) is 5.78 Å². The number of Topliss-reactive ketones (excluding diaryl/α,β-unsaturated/α-hetero) is 1. The summed E-state index contributed by atoms with van der Waals surface area (Å²) in [6, 6.07) is 6.74. The smallest absolute Gasteiger partial charge is 0.176 e. The molecule has 0 amide bonds. The van der Waals surface area contributed by atoms with Crippen molar-refractivity contribution in [2.24, 2.45) is 0 Å². The third-order valence-electron chi connectivity index (χ3n) is 2.35. The van der Waals surface area contributed by atoms with E-state index in [2.05, 4.69) is 0 Å². The maximum atomic E-state index is 11.9. The van der Waals surface area contributed by atoms with Crippen LogP contribution >= 0.6 is 11.6 Å². The highest BCUT2D eigenvalue weighted by molar-refractivity contribution is 6.31. The lowest BCUT2D eigenvalue weighted by Gasteiger charge is -2.19. The molecule has 0 aliphatic heterocycles. The second-order valence-corrected chi connectivity index (χ2v) is 4.09. The van der Waals surface area contributed by atoms with E-state index in [1.54, 1.807) is 29.2 Å². The molecule has 0 fully saturated rings. The number of ketones is 1. The minimum atomic E-state index is -0.0746. The van der Waals surface area contributed by atoms with Gasteiger partial charge in [0.25, 0.3) is 0 Å². The van der Waals surface area contributed by atoms with E-state index in [1.807, 2.05) is 0 Å². The van der Waals surface area contributed by atoms with E-state index in [-0.39, 0.29) is 25.5 Å². The van der Waals surface area contributed by atoms with E-state index in [1.165, 1.54) is 0 Å². The zero-order valence-corrected chi connectivity index (χ0v) is 10.2. The van der Waals surface area contributed by atoms with Crippen molar-refractivity contribution in [3.8, 4) is 0 Å². The van der Waals surface area contributed by atoms with Crippen molar-refractivity contribution in [3.05, 3.63) is 34.9 Å². The molecule has 0 aromatic heterocycles. The molecule has 0 unspecified atom stereocenters. The highest BCUT2D eigenvalue weighted by Crippen LogP contribution is 2.11.